The van der Waals surface area contributed by atoms with Gasteiger partial charge in [-0.1, -0.05) is 23.9 Å². The maximum absolute atomic E-state index is 13.0. The summed E-state index contributed by atoms with van der Waals surface area (Å²) in [6, 6.07) is 6.90. The third-order valence-electron chi connectivity index (χ3n) is 4.33. The van der Waals surface area contributed by atoms with Crippen LogP contribution < -0.4 is 16.6 Å². The maximum Gasteiger partial charge on any atom is 0.318 e. The van der Waals surface area contributed by atoms with E-state index in [1.165, 1.54) is 0 Å². The molecule has 0 atom stereocenters. The lowest BCUT2D eigenvalue weighted by molar-refractivity contribution is -0.117. The first-order valence-corrected chi connectivity index (χ1v) is 10.2. The van der Waals surface area contributed by atoms with E-state index >= 15 is 0 Å². The van der Waals surface area contributed by atoms with Crippen LogP contribution in [0.1, 0.15) is 27.7 Å². The second kappa shape index (κ2) is 9.70. The summed E-state index contributed by atoms with van der Waals surface area (Å²) in [5, 5.41) is 3.00. The molecule has 1 aromatic carbocycles. The van der Waals surface area contributed by atoms with Crippen molar-refractivity contribution in [3.63, 3.8) is 0 Å². The van der Waals surface area contributed by atoms with Gasteiger partial charge in [-0.15, -0.1) is 0 Å². The van der Waals surface area contributed by atoms with Gasteiger partial charge < -0.3 is 5.73 Å². The number of para-hydroxylation sites is 1. The van der Waals surface area contributed by atoms with Crippen molar-refractivity contribution in [2.75, 3.05) is 12.3 Å². The van der Waals surface area contributed by atoms with Crippen molar-refractivity contribution in [2.24, 2.45) is 5.73 Å². The quantitative estimate of drug-likeness (QED) is 0.512. The number of nitrogens with one attached hydrogen (secondary N) is 1. The van der Waals surface area contributed by atoms with Gasteiger partial charge in [-0.25, -0.2) is 9.78 Å². The van der Waals surface area contributed by atoms with E-state index in [-0.39, 0.29) is 11.3 Å². The van der Waals surface area contributed by atoms with Gasteiger partial charge in [-0.2, -0.15) is 0 Å². The number of urea groups is 1. The molecule has 0 aliphatic carbocycles. The molecule has 1 aromatic heterocycles. The fourth-order valence-corrected chi connectivity index (χ4v) is 3.91. The van der Waals surface area contributed by atoms with Crippen molar-refractivity contribution in [1.82, 2.24) is 19.8 Å². The molecule has 8 nitrogen and oxygen atoms in total. The van der Waals surface area contributed by atoms with Crippen LogP contribution in [0.25, 0.3) is 10.9 Å². The summed E-state index contributed by atoms with van der Waals surface area (Å²) in [6.45, 7) is 9.59. The smallest absolute Gasteiger partial charge is 0.318 e. The van der Waals surface area contributed by atoms with Crippen LogP contribution in [-0.4, -0.2) is 50.8 Å². The third-order valence-corrected chi connectivity index (χ3v) is 5.31. The first kappa shape index (κ1) is 21.9. The fourth-order valence-electron chi connectivity index (χ4n) is 3.09. The molecule has 0 unspecified atom stereocenters. The van der Waals surface area contributed by atoms with Crippen LogP contribution in [-0.2, 0) is 11.3 Å². The monoisotopic (exact) mass is 405 g/mol. The Morgan fingerprint density at radius 1 is 1.21 bits per heavy atom. The number of amides is 3. The lowest BCUT2D eigenvalue weighted by atomic mass is 10.2. The Morgan fingerprint density at radius 2 is 1.86 bits per heavy atom. The summed E-state index contributed by atoms with van der Waals surface area (Å²) in [5.74, 6) is -0.594. The molecule has 0 aliphatic rings. The van der Waals surface area contributed by atoms with Crippen LogP contribution in [0.3, 0.4) is 0 Å². The molecule has 0 saturated heterocycles. The Bertz CT molecular complexity index is 902. The van der Waals surface area contributed by atoms with Gasteiger partial charge >= 0.3 is 6.03 Å². The number of rotatable bonds is 8. The normalized spacial score (nSPS) is 11.5. The van der Waals surface area contributed by atoms with Gasteiger partial charge in [0, 0.05) is 25.2 Å². The largest absolute Gasteiger partial charge is 0.351 e. The summed E-state index contributed by atoms with van der Waals surface area (Å²) in [7, 11) is 0. The number of primary amides is 1. The number of carbonyl (C=O) groups is 2. The van der Waals surface area contributed by atoms with E-state index in [1.807, 2.05) is 11.4 Å². The van der Waals surface area contributed by atoms with E-state index in [9.17, 15) is 14.4 Å². The van der Waals surface area contributed by atoms with Gasteiger partial charge in [0.05, 0.1) is 16.7 Å². The van der Waals surface area contributed by atoms with E-state index in [0.717, 1.165) is 11.8 Å². The van der Waals surface area contributed by atoms with Crippen LogP contribution in [0, 0.1) is 0 Å². The molecule has 0 aliphatic heterocycles. The Morgan fingerprint density at radius 3 is 2.46 bits per heavy atom. The highest BCUT2D eigenvalue weighted by Crippen LogP contribution is 2.18. The molecule has 0 bridgehead atoms. The average molecular weight is 406 g/mol. The van der Waals surface area contributed by atoms with Gasteiger partial charge in [0.1, 0.15) is 0 Å². The van der Waals surface area contributed by atoms with Crippen LogP contribution >= 0.6 is 11.8 Å². The minimum atomic E-state index is -0.904. The first-order valence-electron chi connectivity index (χ1n) is 9.18. The maximum atomic E-state index is 13.0. The number of imide groups is 1. The molecule has 152 valence electrons. The number of carbonyl (C=O) groups excluding carboxylic acids is 2. The molecule has 2 aromatic rings. The van der Waals surface area contributed by atoms with Gasteiger partial charge in [-0.3, -0.25) is 24.4 Å². The van der Waals surface area contributed by atoms with E-state index < -0.39 is 11.9 Å². The zero-order valence-electron chi connectivity index (χ0n) is 16.6. The molecule has 0 spiro atoms. The number of hydrogen-bond donors (Lipinski definition) is 2. The predicted octanol–water partition coefficient (Wildman–Crippen LogP) is 1.80. The first-order chi connectivity index (χ1) is 13.2. The van der Waals surface area contributed by atoms with Crippen LogP contribution in [0.4, 0.5) is 4.79 Å². The minimum absolute atomic E-state index is 0.0637. The van der Waals surface area contributed by atoms with Crippen LogP contribution in [0.5, 0.6) is 0 Å². The molecule has 1 heterocycles. The van der Waals surface area contributed by atoms with Gasteiger partial charge in [0.2, 0.25) is 5.91 Å². The van der Waals surface area contributed by atoms with Crippen LogP contribution in [0.15, 0.2) is 34.2 Å². The molecule has 2 rings (SSSR count). The Kier molecular flexibility index (Phi) is 7.59. The molecule has 0 saturated carbocycles. The Labute approximate surface area is 168 Å². The lowest BCUT2D eigenvalue weighted by Crippen LogP contribution is -2.40. The number of thioether (sulfide) groups is 1. The van der Waals surface area contributed by atoms with Crippen molar-refractivity contribution in [3.8, 4) is 0 Å². The van der Waals surface area contributed by atoms with Crippen molar-refractivity contribution in [2.45, 2.75) is 51.5 Å². The highest BCUT2D eigenvalue weighted by Gasteiger charge is 2.17. The predicted molar refractivity (Wildman–Crippen MR) is 111 cm³/mol. The number of nitrogens with zero attached hydrogens (tertiary/aromatic N) is 3. The van der Waals surface area contributed by atoms with Gasteiger partial charge in [0.25, 0.3) is 5.56 Å². The van der Waals surface area contributed by atoms with E-state index in [4.69, 9.17) is 5.73 Å². The summed E-state index contributed by atoms with van der Waals surface area (Å²) in [4.78, 5) is 42.5. The Balaban J connectivity index is 2.35. The van der Waals surface area contributed by atoms with Crippen molar-refractivity contribution in [1.29, 1.82) is 0 Å². The highest BCUT2D eigenvalue weighted by atomic mass is 32.2. The third kappa shape index (κ3) is 5.56. The molecule has 9 heteroatoms. The number of aromatic nitrogens is 2. The molecule has 28 heavy (non-hydrogen) atoms. The second-order valence-corrected chi connectivity index (χ2v) is 7.94. The minimum Gasteiger partial charge on any atom is -0.351 e. The average Bonchev–Trinajstić information content (AvgIpc) is 2.61. The number of fused-ring (bicyclic) bond motifs is 1. The topological polar surface area (TPSA) is 110 Å². The summed E-state index contributed by atoms with van der Waals surface area (Å²) in [5.41, 5.74) is 5.40. The lowest BCUT2D eigenvalue weighted by Gasteiger charge is -2.30. The molecule has 0 radical (unpaired) electrons. The standard InChI is InChI=1S/C19H27N5O3S/c1-12(2)23(13(3)4)9-10-24-17(26)14-7-5-6-8-15(14)21-19(24)28-11-16(25)22-18(20)27/h5-8,12-13H,9-11H2,1-4H3,(H3,20,22,25,27). The fraction of sp³-hybridized carbons (Fsp3) is 0.474. The molecule has 3 amide bonds. The van der Waals surface area contributed by atoms with E-state index in [2.05, 4.69) is 37.6 Å². The zero-order chi connectivity index (χ0) is 20.8. The summed E-state index contributed by atoms with van der Waals surface area (Å²) >= 11 is 1.11. The van der Waals surface area contributed by atoms with Gasteiger partial charge in [0.15, 0.2) is 5.16 Å². The molecular weight excluding hydrogens is 378 g/mol. The summed E-state index contributed by atoms with van der Waals surface area (Å²) < 4.78 is 1.60. The highest BCUT2D eigenvalue weighted by molar-refractivity contribution is 7.99. The van der Waals surface area contributed by atoms with Crippen molar-refractivity contribution in [3.05, 3.63) is 34.6 Å². The molecule has 0 fully saturated rings. The SMILES string of the molecule is CC(C)N(CCn1c(SCC(=O)NC(N)=O)nc2ccccc2c1=O)C(C)C. The van der Waals surface area contributed by atoms with Crippen LogP contribution in [0.2, 0.25) is 0 Å². The number of hydrogen-bond acceptors (Lipinski definition) is 6. The van der Waals surface area contributed by atoms with Gasteiger partial charge in [-0.05, 0) is 39.8 Å². The number of benzene rings is 1. The second-order valence-electron chi connectivity index (χ2n) is 6.99. The zero-order valence-corrected chi connectivity index (χ0v) is 17.5. The van der Waals surface area contributed by atoms with Crippen molar-refractivity contribution < 1.29 is 9.59 Å². The van der Waals surface area contributed by atoms with E-state index in [1.54, 1.807) is 22.8 Å². The van der Waals surface area contributed by atoms with E-state index in [0.29, 0.717) is 41.2 Å². The number of nitrogens with two attached hydrogens (primary N) is 1. The molecular formula is C19H27N5O3S. The molecule has 3 N–H and O–H groups in total. The van der Waals surface area contributed by atoms with Crippen molar-refractivity contribution >= 4 is 34.6 Å². The Hall–Kier alpha value is -2.39. The summed E-state index contributed by atoms with van der Waals surface area (Å²) in [6.07, 6.45) is 0.